The predicted molar refractivity (Wildman–Crippen MR) is 107 cm³/mol. The van der Waals surface area contributed by atoms with Gasteiger partial charge in [-0.1, -0.05) is 30.8 Å². The molecular formula is C21H31N3O4. The van der Waals surface area contributed by atoms with Crippen LogP contribution in [0, 0.1) is 5.92 Å². The minimum atomic E-state index is 0.479. The third kappa shape index (κ3) is 4.76. The number of methoxy groups -OCH3 is 3. The third-order valence-corrected chi connectivity index (χ3v) is 5.45. The van der Waals surface area contributed by atoms with Crippen LogP contribution in [0.15, 0.2) is 16.7 Å². The fraction of sp³-hybridized carbons (Fsp3) is 0.619. The van der Waals surface area contributed by atoms with Gasteiger partial charge >= 0.3 is 0 Å². The molecule has 3 rings (SSSR count). The molecule has 1 aliphatic carbocycles. The first-order chi connectivity index (χ1) is 13.7. The largest absolute Gasteiger partial charge is 0.493 e. The highest BCUT2D eigenvalue weighted by Crippen LogP contribution is 2.43. The second-order valence-corrected chi connectivity index (χ2v) is 7.42. The molecule has 1 aromatic carbocycles. The quantitative estimate of drug-likeness (QED) is 0.604. The van der Waals surface area contributed by atoms with Crippen LogP contribution < -0.4 is 14.2 Å². The van der Waals surface area contributed by atoms with Crippen molar-refractivity contribution in [1.82, 2.24) is 15.0 Å². The van der Waals surface area contributed by atoms with Gasteiger partial charge in [0.15, 0.2) is 11.5 Å². The Hall–Kier alpha value is -2.28. The minimum absolute atomic E-state index is 0.479. The van der Waals surface area contributed by atoms with Crippen molar-refractivity contribution >= 4 is 0 Å². The Labute approximate surface area is 167 Å². The summed E-state index contributed by atoms with van der Waals surface area (Å²) in [6.07, 6.45) is 8.16. The number of aromatic nitrogens is 2. The molecule has 154 valence electrons. The fourth-order valence-corrected chi connectivity index (χ4v) is 3.96. The van der Waals surface area contributed by atoms with Crippen molar-refractivity contribution in [2.75, 3.05) is 34.9 Å². The van der Waals surface area contributed by atoms with Gasteiger partial charge in [0.05, 0.1) is 33.4 Å². The van der Waals surface area contributed by atoms with Crippen molar-refractivity contribution in [3.63, 3.8) is 0 Å². The summed E-state index contributed by atoms with van der Waals surface area (Å²) in [4.78, 5) is 6.78. The molecule has 1 saturated carbocycles. The van der Waals surface area contributed by atoms with Crippen LogP contribution in [0.2, 0.25) is 0 Å². The van der Waals surface area contributed by atoms with Crippen LogP contribution in [0.4, 0.5) is 0 Å². The van der Waals surface area contributed by atoms with Gasteiger partial charge < -0.3 is 18.7 Å². The van der Waals surface area contributed by atoms with Gasteiger partial charge in [0.2, 0.25) is 17.5 Å². The minimum Gasteiger partial charge on any atom is -0.493 e. The maximum Gasteiger partial charge on any atom is 0.241 e. The summed E-state index contributed by atoms with van der Waals surface area (Å²) >= 11 is 0. The first-order valence-electron chi connectivity index (χ1n) is 9.96. The average molecular weight is 389 g/mol. The van der Waals surface area contributed by atoms with Crippen molar-refractivity contribution in [1.29, 1.82) is 0 Å². The lowest BCUT2D eigenvalue weighted by Crippen LogP contribution is -2.19. The van der Waals surface area contributed by atoms with E-state index in [0.29, 0.717) is 41.1 Å². The van der Waals surface area contributed by atoms with Crippen LogP contribution in [0.1, 0.15) is 44.4 Å². The summed E-state index contributed by atoms with van der Waals surface area (Å²) in [5.74, 6) is 3.63. The van der Waals surface area contributed by atoms with Gasteiger partial charge in [-0.25, -0.2) is 0 Å². The van der Waals surface area contributed by atoms with Gasteiger partial charge in [-0.2, -0.15) is 4.98 Å². The predicted octanol–water partition coefficient (Wildman–Crippen LogP) is 4.16. The summed E-state index contributed by atoms with van der Waals surface area (Å²) in [6.45, 7) is 1.67. The lowest BCUT2D eigenvalue weighted by Gasteiger charge is -2.15. The molecule has 0 saturated heterocycles. The Morgan fingerprint density at radius 3 is 2.50 bits per heavy atom. The van der Waals surface area contributed by atoms with Crippen LogP contribution in [0.25, 0.3) is 11.4 Å². The van der Waals surface area contributed by atoms with E-state index >= 15 is 0 Å². The highest BCUT2D eigenvalue weighted by molar-refractivity contribution is 5.71. The molecule has 7 nitrogen and oxygen atoms in total. The van der Waals surface area contributed by atoms with E-state index in [2.05, 4.69) is 22.1 Å². The summed E-state index contributed by atoms with van der Waals surface area (Å²) in [5, 5.41) is 4.13. The fourth-order valence-electron chi connectivity index (χ4n) is 3.96. The molecule has 1 aromatic heterocycles. The van der Waals surface area contributed by atoms with Crippen LogP contribution in [0.5, 0.6) is 17.2 Å². The lowest BCUT2D eigenvalue weighted by atomic mass is 10.0. The van der Waals surface area contributed by atoms with E-state index in [1.54, 1.807) is 21.3 Å². The number of hydrogen-bond donors (Lipinski definition) is 0. The van der Waals surface area contributed by atoms with Gasteiger partial charge in [-0.15, -0.1) is 0 Å². The first kappa shape index (κ1) is 20.5. The summed E-state index contributed by atoms with van der Waals surface area (Å²) in [6, 6.07) is 3.65. The van der Waals surface area contributed by atoms with Gasteiger partial charge in [0, 0.05) is 0 Å². The normalized spacial score (nSPS) is 14.6. The molecule has 0 amide bonds. The Balaban J connectivity index is 1.63. The van der Waals surface area contributed by atoms with E-state index in [0.717, 1.165) is 12.5 Å². The maximum atomic E-state index is 5.52. The molecule has 0 N–H and O–H groups in total. The Kier molecular flexibility index (Phi) is 7.14. The molecule has 0 radical (unpaired) electrons. The van der Waals surface area contributed by atoms with Crippen molar-refractivity contribution in [3.05, 3.63) is 18.0 Å². The number of rotatable bonds is 10. The van der Waals surface area contributed by atoms with E-state index in [-0.39, 0.29) is 0 Å². The van der Waals surface area contributed by atoms with Crippen molar-refractivity contribution in [2.24, 2.45) is 5.92 Å². The summed E-state index contributed by atoms with van der Waals surface area (Å²) in [7, 11) is 6.84. The molecular weight excluding hydrogens is 358 g/mol. The smallest absolute Gasteiger partial charge is 0.241 e. The maximum absolute atomic E-state index is 5.52. The highest BCUT2D eigenvalue weighted by atomic mass is 16.5. The molecule has 7 heteroatoms. The van der Waals surface area contributed by atoms with Crippen molar-refractivity contribution in [3.8, 4) is 28.6 Å². The zero-order valence-corrected chi connectivity index (χ0v) is 17.4. The number of ether oxygens (including phenoxy) is 3. The van der Waals surface area contributed by atoms with E-state index in [1.807, 2.05) is 12.1 Å². The molecule has 2 aromatic rings. The molecule has 0 spiro atoms. The van der Waals surface area contributed by atoms with Gasteiger partial charge in [-0.3, -0.25) is 4.90 Å². The molecule has 0 aliphatic heterocycles. The average Bonchev–Trinajstić information content (AvgIpc) is 3.38. The van der Waals surface area contributed by atoms with E-state index in [4.69, 9.17) is 18.7 Å². The second kappa shape index (κ2) is 9.78. The van der Waals surface area contributed by atoms with Crippen molar-refractivity contribution < 1.29 is 18.7 Å². The third-order valence-electron chi connectivity index (χ3n) is 5.45. The van der Waals surface area contributed by atoms with E-state index < -0.39 is 0 Å². The SMILES string of the molecule is COc1ccc(-c2noc(CN(C)CCCC3CCCC3)n2)c(OC)c1OC. The molecule has 0 atom stereocenters. The van der Waals surface area contributed by atoms with Crippen molar-refractivity contribution in [2.45, 2.75) is 45.1 Å². The Morgan fingerprint density at radius 2 is 1.82 bits per heavy atom. The monoisotopic (exact) mass is 389 g/mol. The molecule has 1 heterocycles. The molecule has 0 unspecified atom stereocenters. The molecule has 0 bridgehead atoms. The Bertz CT molecular complexity index is 756. The summed E-state index contributed by atoms with van der Waals surface area (Å²) in [5.41, 5.74) is 0.707. The Morgan fingerprint density at radius 1 is 1.07 bits per heavy atom. The first-order valence-corrected chi connectivity index (χ1v) is 9.96. The van der Waals surface area contributed by atoms with Crippen LogP contribution >= 0.6 is 0 Å². The van der Waals surface area contributed by atoms with Gasteiger partial charge in [0.25, 0.3) is 0 Å². The highest BCUT2D eigenvalue weighted by Gasteiger charge is 2.21. The van der Waals surface area contributed by atoms with Crippen LogP contribution in [0.3, 0.4) is 0 Å². The number of benzene rings is 1. The van der Waals surface area contributed by atoms with E-state index in [9.17, 15) is 0 Å². The topological polar surface area (TPSA) is 69.9 Å². The number of nitrogens with zero attached hydrogens (tertiary/aromatic N) is 3. The lowest BCUT2D eigenvalue weighted by molar-refractivity contribution is 0.257. The zero-order chi connectivity index (χ0) is 19.9. The van der Waals surface area contributed by atoms with Gasteiger partial charge in [0.1, 0.15) is 0 Å². The standard InChI is InChI=1S/C21H31N3O4/c1-24(13-7-10-15-8-5-6-9-15)14-18-22-21(23-28-18)16-11-12-17(25-2)20(27-4)19(16)26-3/h11-12,15H,5-10,13-14H2,1-4H3. The summed E-state index contributed by atoms with van der Waals surface area (Å²) < 4.78 is 21.7. The molecule has 28 heavy (non-hydrogen) atoms. The zero-order valence-electron chi connectivity index (χ0n) is 17.4. The van der Waals surface area contributed by atoms with E-state index in [1.165, 1.54) is 38.5 Å². The number of hydrogen-bond acceptors (Lipinski definition) is 7. The molecule has 1 fully saturated rings. The van der Waals surface area contributed by atoms with Gasteiger partial charge in [-0.05, 0) is 44.5 Å². The second-order valence-electron chi connectivity index (χ2n) is 7.42. The van der Waals surface area contributed by atoms with Crippen LogP contribution in [-0.4, -0.2) is 50.0 Å². The molecule has 1 aliphatic rings. The van der Waals surface area contributed by atoms with Crippen LogP contribution in [-0.2, 0) is 6.54 Å².